The van der Waals surface area contributed by atoms with Gasteiger partial charge in [0.25, 0.3) is 0 Å². The van der Waals surface area contributed by atoms with Gasteiger partial charge in [0, 0.05) is 61.3 Å². The first-order valence-electron chi connectivity index (χ1n) is 45.9. The topological polar surface area (TPSA) is 11.4 Å². The molecule has 0 saturated heterocycles. The fraction of sp³-hybridized carbons (Fsp3) is 0.0625. The van der Waals surface area contributed by atoms with Crippen LogP contribution >= 0.6 is 0 Å². The van der Waals surface area contributed by atoms with E-state index in [9.17, 15) is 0 Å². The molecule has 131 heavy (non-hydrogen) atoms. The molecule has 0 radical (unpaired) electrons. The number of aromatic nitrogens is 1. The summed E-state index contributed by atoms with van der Waals surface area (Å²) in [4.78, 5) is 4.98. The van der Waals surface area contributed by atoms with E-state index in [2.05, 4.69) is 521 Å². The van der Waals surface area contributed by atoms with Crippen molar-refractivity contribution in [3.05, 3.63) is 546 Å². The number of benzene rings is 20. The first kappa shape index (κ1) is 77.2. The Morgan fingerprint density at radius 1 is 0.183 bits per heavy atom. The molecule has 3 nitrogen and oxygen atoms in total. The molecule has 4 aliphatic rings. The fourth-order valence-corrected chi connectivity index (χ4v) is 23.4. The van der Waals surface area contributed by atoms with Crippen molar-refractivity contribution in [3.63, 3.8) is 0 Å². The highest BCUT2D eigenvalue weighted by atomic mass is 15.2. The summed E-state index contributed by atoms with van der Waals surface area (Å²) in [7, 11) is 0. The molecule has 25 rings (SSSR count). The summed E-state index contributed by atoms with van der Waals surface area (Å²) in [5.74, 6) is 0. The van der Waals surface area contributed by atoms with Gasteiger partial charge in [-0.2, -0.15) is 0 Å². The zero-order chi connectivity index (χ0) is 87.3. The monoisotopic (exact) mass is 1670 g/mol. The van der Waals surface area contributed by atoms with Crippen molar-refractivity contribution in [2.45, 2.75) is 49.4 Å². The van der Waals surface area contributed by atoms with Gasteiger partial charge in [-0.25, -0.2) is 0 Å². The minimum Gasteiger partial charge on any atom is -0.310 e. The van der Waals surface area contributed by atoms with E-state index in [0.29, 0.717) is 0 Å². The Hall–Kier alpha value is -16.2. The standard InChI is InChI=1S/C128H91N3/c1-125(2)111-48-22-17-41-104(111)105-79-69-90(82-117(105)125)88-67-74-98(75-68-88)130(121-56-30-53-116-124(121)109-45-19-24-50-113(109)128(116,94-36-13-7-14-37-94)95-38-15-8-16-39-95)97-72-63-85(64-73-97)84-57-59-89(60-58-84)102-46-28-51-114-122(102)110-80-78-101(83-118(110)126(114,3)4)129(96-70-61-86(62-71-96)87-65-76-99(77-66-87)131-119-54-25-20-42-106(119)107-43-21-26-55-120(107)131)100-40-27-31-91(81-100)103-47-29-52-115-123(103)108-44-18-23-49-112(108)127(115,92-32-9-5-10-33-92)93-34-11-6-12-35-93/h5-83H,1-4H3. The van der Waals surface area contributed by atoms with Gasteiger partial charge in [-0.3, -0.25) is 0 Å². The van der Waals surface area contributed by atoms with Gasteiger partial charge in [0.05, 0.1) is 27.6 Å². The van der Waals surface area contributed by atoms with E-state index in [-0.39, 0.29) is 10.8 Å². The molecule has 0 aliphatic heterocycles. The number of fused-ring (bicyclic) bond motifs is 15. The van der Waals surface area contributed by atoms with Crippen molar-refractivity contribution in [1.29, 1.82) is 0 Å². The number of para-hydroxylation sites is 2. The van der Waals surface area contributed by atoms with Crippen LogP contribution in [-0.4, -0.2) is 4.57 Å². The Morgan fingerprint density at radius 2 is 0.519 bits per heavy atom. The molecule has 20 aromatic carbocycles. The second-order valence-corrected chi connectivity index (χ2v) is 36.9. The second-order valence-electron chi connectivity index (χ2n) is 36.9. The largest absolute Gasteiger partial charge is 0.310 e. The SMILES string of the molecule is CC1(C)c2ccccc2-c2ccc(-c3ccc(N(c4ccc(-c5ccc(-c6cccc7c6-c6ccc(N(c8ccc(-c9ccc(-n%10c%11ccccc%11c%11ccccc%11%10)cc9)cc8)c8cccc(-c9cccc%10c9-c9ccccc9C%10(c9ccccc9)c9ccccc9)c8)cc6C7(C)C)cc5)cc4)c4cccc5c4-c4ccccc4C5(c4ccccc4)c4ccccc4)cc3)cc21. The van der Waals surface area contributed by atoms with E-state index < -0.39 is 10.8 Å². The molecule has 1 aromatic heterocycles. The minimum absolute atomic E-state index is 0.109. The number of hydrogen-bond donors (Lipinski definition) is 0. The highest BCUT2D eigenvalue weighted by Gasteiger charge is 2.50. The van der Waals surface area contributed by atoms with Gasteiger partial charge < -0.3 is 14.4 Å². The molecular formula is C128H91N3. The van der Waals surface area contributed by atoms with Crippen molar-refractivity contribution in [3.8, 4) is 106 Å². The summed E-state index contributed by atoms with van der Waals surface area (Å²) < 4.78 is 2.39. The van der Waals surface area contributed by atoms with Gasteiger partial charge in [0.2, 0.25) is 0 Å². The van der Waals surface area contributed by atoms with Crippen LogP contribution in [0.15, 0.2) is 479 Å². The van der Waals surface area contributed by atoms with Crippen LogP contribution in [-0.2, 0) is 21.7 Å². The molecule has 3 heteroatoms. The summed E-state index contributed by atoms with van der Waals surface area (Å²) >= 11 is 0. The van der Waals surface area contributed by atoms with Crippen LogP contribution in [0.3, 0.4) is 0 Å². The maximum atomic E-state index is 2.50. The predicted molar refractivity (Wildman–Crippen MR) is 547 cm³/mol. The lowest BCUT2D eigenvalue weighted by Crippen LogP contribution is -2.28. The second kappa shape index (κ2) is 30.2. The lowest BCUT2D eigenvalue weighted by Gasteiger charge is -2.34. The third-order valence-electron chi connectivity index (χ3n) is 29.4. The summed E-state index contributed by atoms with van der Waals surface area (Å²) in [6.45, 7) is 9.57. The first-order valence-corrected chi connectivity index (χ1v) is 45.9. The maximum Gasteiger partial charge on any atom is 0.0714 e. The summed E-state index contributed by atoms with van der Waals surface area (Å²) in [5, 5.41) is 2.51. The van der Waals surface area contributed by atoms with Crippen LogP contribution in [0.5, 0.6) is 0 Å². The summed E-state index contributed by atoms with van der Waals surface area (Å²) in [6.07, 6.45) is 0. The lowest BCUT2D eigenvalue weighted by molar-refractivity contribution is 0.660. The molecule has 0 spiro atoms. The Kier molecular flexibility index (Phi) is 17.8. The van der Waals surface area contributed by atoms with Gasteiger partial charge in [-0.1, -0.05) is 410 Å². The number of hydrogen-bond acceptors (Lipinski definition) is 2. The van der Waals surface area contributed by atoms with Gasteiger partial charge in [-0.15, -0.1) is 0 Å². The molecule has 618 valence electrons. The number of anilines is 6. The van der Waals surface area contributed by atoms with E-state index >= 15 is 0 Å². The predicted octanol–water partition coefficient (Wildman–Crippen LogP) is 33.4. The molecule has 0 bridgehead atoms. The molecule has 4 aliphatic carbocycles. The van der Waals surface area contributed by atoms with Gasteiger partial charge >= 0.3 is 0 Å². The Balaban J connectivity index is 0.574. The lowest BCUT2D eigenvalue weighted by atomic mass is 9.67. The van der Waals surface area contributed by atoms with E-state index in [1.807, 2.05) is 0 Å². The van der Waals surface area contributed by atoms with Crippen LogP contribution in [0.2, 0.25) is 0 Å². The first-order chi connectivity index (χ1) is 64.5. The molecular weight excluding hydrogens is 1580 g/mol. The Bertz CT molecular complexity index is 7950. The highest BCUT2D eigenvalue weighted by Crippen LogP contribution is 2.63. The third kappa shape index (κ3) is 11.8. The molecule has 0 saturated carbocycles. The maximum absolute atomic E-state index is 2.50. The summed E-state index contributed by atoms with van der Waals surface area (Å²) in [6, 6.07) is 180. The van der Waals surface area contributed by atoms with Crippen molar-refractivity contribution in [2.24, 2.45) is 0 Å². The zero-order valence-electron chi connectivity index (χ0n) is 73.5. The fourth-order valence-electron chi connectivity index (χ4n) is 23.4. The van der Waals surface area contributed by atoms with Crippen LogP contribution < -0.4 is 9.80 Å². The van der Waals surface area contributed by atoms with Gasteiger partial charge in [-0.05, 0) is 258 Å². The molecule has 1 heterocycles. The van der Waals surface area contributed by atoms with Crippen LogP contribution in [0.25, 0.3) is 128 Å². The molecule has 21 aromatic rings. The third-order valence-corrected chi connectivity index (χ3v) is 29.4. The van der Waals surface area contributed by atoms with E-state index in [1.165, 1.54) is 161 Å². The number of nitrogens with zero attached hydrogens (tertiary/aromatic N) is 3. The highest BCUT2D eigenvalue weighted by molar-refractivity contribution is 6.10. The Morgan fingerprint density at radius 3 is 1.07 bits per heavy atom. The van der Waals surface area contributed by atoms with E-state index in [0.717, 1.165) is 67.6 Å². The van der Waals surface area contributed by atoms with Gasteiger partial charge in [0.15, 0.2) is 0 Å². The van der Waals surface area contributed by atoms with Crippen molar-refractivity contribution >= 4 is 55.9 Å². The zero-order valence-corrected chi connectivity index (χ0v) is 73.5. The normalized spacial score (nSPS) is 13.9. The van der Waals surface area contributed by atoms with Crippen molar-refractivity contribution < 1.29 is 0 Å². The quantitative estimate of drug-likeness (QED) is 0.0955. The van der Waals surface area contributed by atoms with E-state index in [1.54, 1.807) is 0 Å². The molecule has 0 N–H and O–H groups in total. The van der Waals surface area contributed by atoms with Crippen molar-refractivity contribution in [1.82, 2.24) is 4.57 Å². The van der Waals surface area contributed by atoms with Crippen LogP contribution in [0.4, 0.5) is 34.1 Å². The number of rotatable bonds is 16. The van der Waals surface area contributed by atoms with Crippen LogP contribution in [0.1, 0.15) is 94.5 Å². The van der Waals surface area contributed by atoms with Crippen molar-refractivity contribution in [2.75, 3.05) is 9.80 Å². The van der Waals surface area contributed by atoms with Crippen LogP contribution in [0, 0.1) is 0 Å². The average Bonchev–Trinajstić information content (AvgIpc) is 1.53. The summed E-state index contributed by atoms with van der Waals surface area (Å²) in [5.41, 5.74) is 45.9. The Labute approximate surface area is 766 Å². The molecule has 0 amide bonds. The van der Waals surface area contributed by atoms with Gasteiger partial charge in [0.1, 0.15) is 0 Å². The smallest absolute Gasteiger partial charge is 0.0714 e. The molecule has 0 fully saturated rings. The van der Waals surface area contributed by atoms with E-state index in [4.69, 9.17) is 0 Å². The molecule has 0 atom stereocenters. The molecule has 0 unspecified atom stereocenters. The minimum atomic E-state index is -0.567. The average molecular weight is 1670 g/mol.